The Balaban J connectivity index is 1.81. The molecule has 4 rings (SSSR count). The smallest absolute Gasteiger partial charge is 0.350 e. The van der Waals surface area contributed by atoms with Gasteiger partial charge >= 0.3 is 11.2 Å². The molecule has 0 bridgehead atoms. The van der Waals surface area contributed by atoms with Gasteiger partial charge in [-0.1, -0.05) is 25.5 Å². The summed E-state index contributed by atoms with van der Waals surface area (Å²) >= 11 is 0. The second kappa shape index (κ2) is 6.82. The molecule has 7 heteroatoms. The highest BCUT2D eigenvalue weighted by atomic mass is 16.5. The van der Waals surface area contributed by atoms with Crippen LogP contribution in [0.25, 0.3) is 21.9 Å². The van der Waals surface area contributed by atoms with Gasteiger partial charge in [0.2, 0.25) is 0 Å². The highest BCUT2D eigenvalue weighted by Gasteiger charge is 2.25. The van der Waals surface area contributed by atoms with Gasteiger partial charge in [0.15, 0.2) is 0 Å². The maximum atomic E-state index is 12.9. The quantitative estimate of drug-likeness (QED) is 0.540. The van der Waals surface area contributed by atoms with Gasteiger partial charge in [0.1, 0.15) is 11.3 Å². The number of H-pyrrole nitrogens is 2. The molecule has 0 radical (unpaired) electrons. The minimum absolute atomic E-state index is 0.178. The van der Waals surface area contributed by atoms with Crippen molar-refractivity contribution in [3.05, 3.63) is 50.7 Å². The number of rotatable bonds is 3. The van der Waals surface area contributed by atoms with Gasteiger partial charge < -0.3 is 14.7 Å². The summed E-state index contributed by atoms with van der Waals surface area (Å²) < 4.78 is 6.13. The maximum absolute atomic E-state index is 12.9. The third-order valence-corrected chi connectivity index (χ3v) is 5.65. The van der Waals surface area contributed by atoms with E-state index in [-0.39, 0.29) is 5.92 Å². The molecular formula is C21H24N4O3. The molecule has 0 unspecified atom stereocenters. The third kappa shape index (κ3) is 2.96. The Morgan fingerprint density at radius 1 is 1.21 bits per heavy atom. The maximum Gasteiger partial charge on any atom is 0.350 e. The predicted molar refractivity (Wildman–Crippen MR) is 111 cm³/mol. The summed E-state index contributed by atoms with van der Waals surface area (Å²) in [7, 11) is 1.58. The monoisotopic (exact) mass is 380 g/mol. The summed E-state index contributed by atoms with van der Waals surface area (Å²) in [5.41, 5.74) is 1.88. The van der Waals surface area contributed by atoms with Gasteiger partial charge in [-0.2, -0.15) is 5.10 Å². The van der Waals surface area contributed by atoms with Gasteiger partial charge in [-0.25, -0.2) is 4.79 Å². The zero-order valence-electron chi connectivity index (χ0n) is 16.4. The average molecular weight is 380 g/mol. The minimum atomic E-state index is -0.548. The van der Waals surface area contributed by atoms with Crippen molar-refractivity contribution in [3.63, 3.8) is 0 Å². The largest absolute Gasteiger partial charge is 0.497 e. The van der Waals surface area contributed by atoms with Crippen molar-refractivity contribution in [1.29, 1.82) is 0 Å². The molecule has 3 aromatic rings. The summed E-state index contributed by atoms with van der Waals surface area (Å²) in [6.07, 6.45) is 4.97. The summed E-state index contributed by atoms with van der Waals surface area (Å²) in [6, 6.07) is 5.40. The van der Waals surface area contributed by atoms with Crippen molar-refractivity contribution < 1.29 is 4.74 Å². The van der Waals surface area contributed by atoms with Crippen molar-refractivity contribution in [2.45, 2.75) is 27.2 Å². The van der Waals surface area contributed by atoms with Gasteiger partial charge in [0.05, 0.1) is 18.1 Å². The van der Waals surface area contributed by atoms with Crippen LogP contribution in [0.2, 0.25) is 0 Å². The number of fused-ring (bicyclic) bond motifs is 3. The Kier molecular flexibility index (Phi) is 4.45. The SMILES string of the molecule is COc1ccc2c(c1)[nH]c1c(=O)n(/N=C\[C@@H]3[C@H](C)C=C(C)C[C@H]3C)c(=O)[nH]c12. The number of aromatic amines is 2. The molecule has 1 aliphatic rings. The van der Waals surface area contributed by atoms with E-state index in [1.807, 2.05) is 6.07 Å². The van der Waals surface area contributed by atoms with Crippen LogP contribution in [0.15, 0.2) is 44.5 Å². The van der Waals surface area contributed by atoms with Gasteiger partial charge in [-0.15, -0.1) is 4.68 Å². The van der Waals surface area contributed by atoms with Gasteiger partial charge in [-0.3, -0.25) is 4.79 Å². The lowest BCUT2D eigenvalue weighted by atomic mass is 9.76. The lowest BCUT2D eigenvalue weighted by Gasteiger charge is -2.29. The van der Waals surface area contributed by atoms with Crippen LogP contribution in [-0.2, 0) is 0 Å². The van der Waals surface area contributed by atoms with E-state index in [0.29, 0.717) is 28.6 Å². The fourth-order valence-corrected chi connectivity index (χ4v) is 4.27. The molecule has 1 aliphatic carbocycles. The number of benzene rings is 1. The topological polar surface area (TPSA) is 92.2 Å². The lowest BCUT2D eigenvalue weighted by molar-refractivity contribution is 0.361. The average Bonchev–Trinajstić information content (AvgIpc) is 3.01. The highest BCUT2D eigenvalue weighted by Crippen LogP contribution is 2.32. The fourth-order valence-electron chi connectivity index (χ4n) is 4.27. The molecule has 2 heterocycles. The molecule has 0 saturated carbocycles. The van der Waals surface area contributed by atoms with E-state index in [4.69, 9.17) is 4.74 Å². The van der Waals surface area contributed by atoms with Crippen molar-refractivity contribution >= 4 is 28.2 Å². The molecule has 0 aliphatic heterocycles. The number of nitrogens with one attached hydrogen (secondary N) is 2. The van der Waals surface area contributed by atoms with Crippen molar-refractivity contribution in [2.75, 3.05) is 7.11 Å². The second-order valence-electron chi connectivity index (χ2n) is 7.73. The Morgan fingerprint density at radius 2 is 2.00 bits per heavy atom. The molecule has 1 aromatic carbocycles. The Bertz CT molecular complexity index is 1230. The van der Waals surface area contributed by atoms with E-state index in [1.165, 1.54) is 5.57 Å². The first-order valence-electron chi connectivity index (χ1n) is 9.45. The van der Waals surface area contributed by atoms with E-state index in [0.717, 1.165) is 22.0 Å². The number of aromatic nitrogens is 3. The molecule has 0 amide bonds. The molecule has 146 valence electrons. The van der Waals surface area contributed by atoms with E-state index in [1.54, 1.807) is 25.5 Å². The molecule has 7 nitrogen and oxygen atoms in total. The van der Waals surface area contributed by atoms with E-state index in [9.17, 15) is 9.59 Å². The number of hydrogen-bond acceptors (Lipinski definition) is 4. The van der Waals surface area contributed by atoms with E-state index in [2.05, 4.69) is 41.9 Å². The van der Waals surface area contributed by atoms with Crippen molar-refractivity contribution in [2.24, 2.45) is 22.9 Å². The lowest BCUT2D eigenvalue weighted by Crippen LogP contribution is -2.33. The summed E-state index contributed by atoms with van der Waals surface area (Å²) in [5.74, 6) is 1.57. The third-order valence-electron chi connectivity index (χ3n) is 5.65. The molecule has 3 atom stereocenters. The molecule has 0 spiro atoms. The Morgan fingerprint density at radius 3 is 2.71 bits per heavy atom. The number of ether oxygens (including phenoxy) is 1. The Labute approximate surface area is 161 Å². The van der Waals surface area contributed by atoms with Crippen LogP contribution in [0.1, 0.15) is 27.2 Å². The molecule has 2 N–H and O–H groups in total. The van der Waals surface area contributed by atoms with Crippen LogP contribution in [0, 0.1) is 17.8 Å². The summed E-state index contributed by atoms with van der Waals surface area (Å²) in [4.78, 5) is 31.3. The minimum Gasteiger partial charge on any atom is -0.497 e. The molecular weight excluding hydrogens is 356 g/mol. The van der Waals surface area contributed by atoms with Crippen LogP contribution in [0.5, 0.6) is 5.75 Å². The van der Waals surface area contributed by atoms with Gasteiger partial charge in [0, 0.05) is 23.6 Å². The first kappa shape index (κ1) is 18.3. The standard InChI is InChI=1S/C21H24N4O3/c1-11-7-12(2)16(13(3)8-11)10-22-25-20(26)19-18(24-21(25)27)15-6-5-14(28-4)9-17(15)23-19/h5-7,9-10,12-13,16,23H,8H2,1-4H3,(H,24,27)/b22-10-/t12-,13-,16-/m1/s1. The number of methoxy groups -OCH3 is 1. The van der Waals surface area contributed by atoms with Crippen molar-refractivity contribution in [3.8, 4) is 5.75 Å². The van der Waals surface area contributed by atoms with E-state index < -0.39 is 11.2 Å². The van der Waals surface area contributed by atoms with Gasteiger partial charge in [0.25, 0.3) is 0 Å². The number of allylic oxidation sites excluding steroid dienone is 2. The number of nitrogens with zero attached hydrogens (tertiary/aromatic N) is 2. The summed E-state index contributed by atoms with van der Waals surface area (Å²) in [6.45, 7) is 6.44. The zero-order chi connectivity index (χ0) is 20.0. The predicted octanol–water partition coefficient (Wildman–Crippen LogP) is 3.25. The van der Waals surface area contributed by atoms with Crippen LogP contribution in [-0.4, -0.2) is 28.0 Å². The molecule has 0 saturated heterocycles. The van der Waals surface area contributed by atoms with Crippen LogP contribution >= 0.6 is 0 Å². The normalized spacial score (nSPS) is 22.9. The zero-order valence-corrected chi connectivity index (χ0v) is 16.4. The number of hydrogen-bond donors (Lipinski definition) is 2. The highest BCUT2D eigenvalue weighted by molar-refractivity contribution is 6.04. The second-order valence-corrected chi connectivity index (χ2v) is 7.73. The van der Waals surface area contributed by atoms with Crippen molar-refractivity contribution in [1.82, 2.24) is 14.6 Å². The summed E-state index contributed by atoms with van der Waals surface area (Å²) in [5, 5.41) is 5.03. The molecule has 28 heavy (non-hydrogen) atoms. The molecule has 0 fully saturated rings. The first-order chi connectivity index (χ1) is 13.4. The Hall–Kier alpha value is -3.09. The van der Waals surface area contributed by atoms with Gasteiger partial charge in [-0.05, 0) is 37.3 Å². The van der Waals surface area contributed by atoms with E-state index >= 15 is 0 Å². The van der Waals surface area contributed by atoms with Crippen LogP contribution < -0.4 is 16.0 Å². The fraction of sp³-hybridized carbons (Fsp3) is 0.381. The van der Waals surface area contributed by atoms with Crippen LogP contribution in [0.4, 0.5) is 0 Å². The first-order valence-corrected chi connectivity index (χ1v) is 9.45. The van der Waals surface area contributed by atoms with Crippen LogP contribution in [0.3, 0.4) is 0 Å². The molecule has 2 aromatic heterocycles.